The number of aromatic amines is 1. The molecule has 2 rings (SSSR count). The van der Waals surface area contributed by atoms with E-state index in [0.29, 0.717) is 24.4 Å². The van der Waals surface area contributed by atoms with Crippen LogP contribution in [-0.2, 0) is 16.7 Å². The van der Waals surface area contributed by atoms with Crippen LogP contribution >= 0.6 is 11.3 Å². The maximum absolute atomic E-state index is 13.4. The van der Waals surface area contributed by atoms with Gasteiger partial charge in [-0.05, 0) is 12.3 Å². The summed E-state index contributed by atoms with van der Waals surface area (Å²) in [6.07, 6.45) is 2.01. The Morgan fingerprint density at radius 3 is 2.57 bits per heavy atom. The van der Waals surface area contributed by atoms with Crippen LogP contribution in [0.2, 0.25) is 0 Å². The molecule has 0 unspecified atom stereocenters. The molecule has 0 aliphatic carbocycles. The molecule has 3 N–H and O–H groups in total. The summed E-state index contributed by atoms with van der Waals surface area (Å²) in [5, 5.41) is 0.814. The first kappa shape index (κ1) is 23.8. The molecule has 0 saturated heterocycles. The number of carbonyl (C=O) groups is 1. The van der Waals surface area contributed by atoms with Gasteiger partial charge in [-0.2, -0.15) is 0 Å². The van der Waals surface area contributed by atoms with Crippen molar-refractivity contribution >= 4 is 28.7 Å². The predicted molar refractivity (Wildman–Crippen MR) is 120 cm³/mol. The summed E-state index contributed by atoms with van der Waals surface area (Å²) in [5.41, 5.74) is 4.72. The van der Waals surface area contributed by atoms with Crippen LogP contribution in [0.15, 0.2) is 15.8 Å². The standard InChI is InChI=1S/C20H31N5O4S/c1-12(2)11-25-15(21)14(16(26)23-19(25)28)24(8-7-9-29-6)17(27)13-10-22-18(30-13)20(3,4)5/h10,12H,7-9,11,21H2,1-6H3,(H,23,26,28). The van der Waals surface area contributed by atoms with E-state index in [9.17, 15) is 14.4 Å². The van der Waals surface area contributed by atoms with Crippen LogP contribution in [-0.4, -0.2) is 40.7 Å². The number of ether oxygens (including phenoxy) is 1. The summed E-state index contributed by atoms with van der Waals surface area (Å²) in [4.78, 5) is 46.7. The Labute approximate surface area is 179 Å². The van der Waals surface area contributed by atoms with Crippen LogP contribution in [0.5, 0.6) is 0 Å². The Hall–Kier alpha value is -2.46. The molecule has 2 aromatic heterocycles. The summed E-state index contributed by atoms with van der Waals surface area (Å²) < 4.78 is 6.40. The lowest BCUT2D eigenvalue weighted by atomic mass is 9.98. The van der Waals surface area contributed by atoms with Crippen molar-refractivity contribution in [1.82, 2.24) is 14.5 Å². The second-order valence-electron chi connectivity index (χ2n) is 8.58. The number of thiazole rings is 1. The summed E-state index contributed by atoms with van der Waals surface area (Å²) >= 11 is 1.28. The lowest BCUT2D eigenvalue weighted by Gasteiger charge is -2.24. The number of rotatable bonds is 8. The van der Waals surface area contributed by atoms with E-state index in [-0.39, 0.29) is 35.3 Å². The van der Waals surface area contributed by atoms with E-state index in [2.05, 4.69) is 9.97 Å². The minimum absolute atomic E-state index is 0.0243. The molecule has 166 valence electrons. The van der Waals surface area contributed by atoms with Crippen molar-refractivity contribution in [2.24, 2.45) is 5.92 Å². The molecule has 9 nitrogen and oxygen atoms in total. The van der Waals surface area contributed by atoms with Crippen molar-refractivity contribution in [3.8, 4) is 0 Å². The van der Waals surface area contributed by atoms with E-state index >= 15 is 0 Å². The third-order valence-corrected chi connectivity index (χ3v) is 5.78. The van der Waals surface area contributed by atoms with Crippen molar-refractivity contribution in [1.29, 1.82) is 0 Å². The van der Waals surface area contributed by atoms with Gasteiger partial charge in [0.05, 0.1) is 11.2 Å². The highest BCUT2D eigenvalue weighted by molar-refractivity contribution is 7.13. The molecule has 2 aromatic rings. The minimum Gasteiger partial charge on any atom is -0.385 e. The smallest absolute Gasteiger partial charge is 0.330 e. The molecule has 0 radical (unpaired) electrons. The normalized spacial score (nSPS) is 11.8. The number of amides is 1. The number of nitrogens with zero attached hydrogens (tertiary/aromatic N) is 3. The van der Waals surface area contributed by atoms with Gasteiger partial charge in [-0.25, -0.2) is 9.78 Å². The lowest BCUT2D eigenvalue weighted by molar-refractivity contribution is 0.0987. The van der Waals surface area contributed by atoms with Gasteiger partial charge in [0, 0.05) is 32.2 Å². The molecule has 0 aromatic carbocycles. The van der Waals surface area contributed by atoms with Gasteiger partial charge in [0.2, 0.25) is 0 Å². The maximum atomic E-state index is 13.4. The van der Waals surface area contributed by atoms with Gasteiger partial charge in [0.1, 0.15) is 10.7 Å². The summed E-state index contributed by atoms with van der Waals surface area (Å²) in [7, 11) is 1.56. The van der Waals surface area contributed by atoms with Crippen LogP contribution in [0, 0.1) is 5.92 Å². The van der Waals surface area contributed by atoms with E-state index in [1.165, 1.54) is 27.0 Å². The highest BCUT2D eigenvalue weighted by atomic mass is 32.1. The zero-order valence-corrected chi connectivity index (χ0v) is 19.3. The molecule has 0 bridgehead atoms. The number of methoxy groups -OCH3 is 1. The number of nitrogens with one attached hydrogen (secondary N) is 1. The molecule has 0 fully saturated rings. The molecule has 10 heteroatoms. The molecule has 2 heterocycles. The Balaban J connectivity index is 2.57. The Morgan fingerprint density at radius 1 is 1.37 bits per heavy atom. The van der Waals surface area contributed by atoms with Gasteiger partial charge in [-0.3, -0.25) is 24.0 Å². The molecule has 30 heavy (non-hydrogen) atoms. The van der Waals surface area contributed by atoms with Gasteiger partial charge >= 0.3 is 5.69 Å². The van der Waals surface area contributed by atoms with Crippen molar-refractivity contribution in [3.63, 3.8) is 0 Å². The second kappa shape index (κ2) is 9.57. The molecule has 1 amide bonds. The van der Waals surface area contributed by atoms with E-state index in [1.807, 2.05) is 34.6 Å². The molecule has 0 aliphatic heterocycles. The fourth-order valence-electron chi connectivity index (χ4n) is 2.92. The molecule has 0 aliphatic rings. The van der Waals surface area contributed by atoms with E-state index in [1.54, 1.807) is 7.11 Å². The highest BCUT2D eigenvalue weighted by Gasteiger charge is 2.28. The number of hydrogen-bond acceptors (Lipinski definition) is 7. The predicted octanol–water partition coefficient (Wildman–Crippen LogP) is 2.21. The number of nitrogen functional groups attached to an aromatic ring is 1. The van der Waals surface area contributed by atoms with Crippen LogP contribution in [0.1, 0.15) is 55.7 Å². The molecule has 0 spiro atoms. The average Bonchev–Trinajstić information content (AvgIpc) is 3.13. The van der Waals surface area contributed by atoms with Crippen LogP contribution in [0.3, 0.4) is 0 Å². The van der Waals surface area contributed by atoms with Crippen molar-refractivity contribution in [2.75, 3.05) is 30.9 Å². The lowest BCUT2D eigenvalue weighted by Crippen LogP contribution is -2.42. The van der Waals surface area contributed by atoms with Gasteiger partial charge < -0.3 is 10.5 Å². The van der Waals surface area contributed by atoms with Gasteiger partial charge in [-0.15, -0.1) is 11.3 Å². The first-order chi connectivity index (χ1) is 14.0. The van der Waals surface area contributed by atoms with Gasteiger partial charge in [0.25, 0.3) is 11.5 Å². The number of H-pyrrole nitrogens is 1. The zero-order chi connectivity index (χ0) is 22.6. The molecular weight excluding hydrogens is 406 g/mol. The third-order valence-electron chi connectivity index (χ3n) is 4.37. The average molecular weight is 438 g/mol. The first-order valence-electron chi connectivity index (χ1n) is 9.87. The molecule has 0 atom stereocenters. The first-order valence-corrected chi connectivity index (χ1v) is 10.7. The van der Waals surface area contributed by atoms with Crippen LogP contribution < -0.4 is 21.9 Å². The zero-order valence-electron chi connectivity index (χ0n) is 18.4. The summed E-state index contributed by atoms with van der Waals surface area (Å²) in [6, 6.07) is 0. The summed E-state index contributed by atoms with van der Waals surface area (Å²) in [5.74, 6) is -0.285. The fraction of sp³-hybridized carbons (Fsp3) is 0.600. The number of carbonyl (C=O) groups excluding carboxylic acids is 1. The topological polar surface area (TPSA) is 123 Å². The van der Waals surface area contributed by atoms with Crippen molar-refractivity contribution < 1.29 is 9.53 Å². The van der Waals surface area contributed by atoms with Gasteiger partial charge in [0.15, 0.2) is 5.69 Å². The molecule has 0 saturated carbocycles. The Bertz CT molecular complexity index is 1000. The van der Waals surface area contributed by atoms with Crippen LogP contribution in [0.25, 0.3) is 0 Å². The summed E-state index contributed by atoms with van der Waals surface area (Å²) in [6.45, 7) is 10.9. The maximum Gasteiger partial charge on any atom is 0.330 e. The minimum atomic E-state index is -0.691. The number of hydrogen-bond donors (Lipinski definition) is 2. The van der Waals surface area contributed by atoms with Crippen LogP contribution in [0.4, 0.5) is 11.5 Å². The largest absolute Gasteiger partial charge is 0.385 e. The second-order valence-corrected chi connectivity index (χ2v) is 9.61. The number of aromatic nitrogens is 3. The highest BCUT2D eigenvalue weighted by Crippen LogP contribution is 2.29. The van der Waals surface area contributed by atoms with E-state index < -0.39 is 11.2 Å². The monoisotopic (exact) mass is 437 g/mol. The Kier molecular flexibility index (Phi) is 7.59. The third kappa shape index (κ3) is 5.37. The SMILES string of the molecule is COCCCN(C(=O)c1cnc(C(C)(C)C)s1)c1c(N)n(CC(C)C)c(=O)[nH]c1=O. The fourth-order valence-corrected chi connectivity index (χ4v) is 3.84. The van der Waals surface area contributed by atoms with E-state index in [0.717, 1.165) is 5.01 Å². The number of nitrogens with two attached hydrogens (primary N) is 1. The Morgan fingerprint density at radius 2 is 2.03 bits per heavy atom. The van der Waals surface area contributed by atoms with Crippen molar-refractivity contribution in [3.05, 3.63) is 36.9 Å². The quantitative estimate of drug-likeness (QED) is 0.610. The van der Waals surface area contributed by atoms with Gasteiger partial charge in [-0.1, -0.05) is 34.6 Å². The van der Waals surface area contributed by atoms with E-state index in [4.69, 9.17) is 10.5 Å². The van der Waals surface area contributed by atoms with Crippen molar-refractivity contribution in [2.45, 2.75) is 53.0 Å². The molecular formula is C20H31N5O4S. The number of anilines is 2.